The maximum Gasteiger partial charge on any atom is 0.335 e. The van der Waals surface area contributed by atoms with Gasteiger partial charge in [-0.15, -0.1) is 0 Å². The van der Waals surface area contributed by atoms with Crippen molar-refractivity contribution in [1.29, 1.82) is 0 Å². The van der Waals surface area contributed by atoms with Gasteiger partial charge in [-0.3, -0.25) is 4.79 Å². The van der Waals surface area contributed by atoms with Crippen LogP contribution in [0, 0.1) is 6.92 Å². The topological polar surface area (TPSA) is 75.6 Å². The van der Waals surface area contributed by atoms with Gasteiger partial charge in [-0.25, -0.2) is 4.79 Å². The third-order valence-corrected chi connectivity index (χ3v) is 3.42. The lowest BCUT2D eigenvalue weighted by molar-refractivity contribution is -0.118. The summed E-state index contributed by atoms with van der Waals surface area (Å²) >= 11 is 0. The Morgan fingerprint density at radius 2 is 1.96 bits per heavy atom. The lowest BCUT2D eigenvalue weighted by Gasteiger charge is -2.10. The Labute approximate surface area is 134 Å². The molecule has 0 aliphatic heterocycles. The molecule has 1 amide bonds. The highest BCUT2D eigenvalue weighted by molar-refractivity contribution is 5.94. The average molecular weight is 313 g/mol. The quantitative estimate of drug-likeness (QED) is 0.858. The molecule has 2 aromatic carbocycles. The number of carbonyl (C=O) groups is 2. The first-order valence-corrected chi connectivity index (χ1v) is 7.35. The van der Waals surface area contributed by atoms with Crippen molar-refractivity contribution >= 4 is 17.6 Å². The first-order chi connectivity index (χ1) is 11.0. The first-order valence-electron chi connectivity index (χ1n) is 7.35. The van der Waals surface area contributed by atoms with Gasteiger partial charge in [-0.05, 0) is 54.8 Å². The van der Waals surface area contributed by atoms with Crippen molar-refractivity contribution in [2.75, 3.05) is 11.9 Å². The highest BCUT2D eigenvalue weighted by Gasteiger charge is 2.09. The molecule has 0 heterocycles. The van der Waals surface area contributed by atoms with Gasteiger partial charge in [0, 0.05) is 5.69 Å². The van der Waals surface area contributed by atoms with E-state index >= 15 is 0 Å². The van der Waals surface area contributed by atoms with Crippen LogP contribution in [0.4, 0.5) is 5.69 Å². The van der Waals surface area contributed by atoms with E-state index in [2.05, 4.69) is 12.2 Å². The minimum atomic E-state index is -0.995. The monoisotopic (exact) mass is 313 g/mol. The highest BCUT2D eigenvalue weighted by atomic mass is 16.5. The molecule has 2 rings (SSSR count). The zero-order chi connectivity index (χ0) is 16.8. The van der Waals surface area contributed by atoms with Crippen LogP contribution in [-0.4, -0.2) is 23.6 Å². The summed E-state index contributed by atoms with van der Waals surface area (Å²) in [6.45, 7) is 3.69. The number of nitrogens with one attached hydrogen (secondary N) is 1. The number of ether oxygens (including phenoxy) is 1. The third kappa shape index (κ3) is 4.57. The van der Waals surface area contributed by atoms with Gasteiger partial charge >= 0.3 is 5.97 Å². The number of aromatic carboxylic acids is 1. The van der Waals surface area contributed by atoms with Crippen LogP contribution in [0.5, 0.6) is 5.75 Å². The van der Waals surface area contributed by atoms with E-state index < -0.39 is 5.97 Å². The molecule has 0 aliphatic carbocycles. The molecule has 0 fully saturated rings. The van der Waals surface area contributed by atoms with Crippen LogP contribution in [0.3, 0.4) is 0 Å². The third-order valence-electron chi connectivity index (χ3n) is 3.42. The van der Waals surface area contributed by atoms with Gasteiger partial charge in [0.2, 0.25) is 0 Å². The highest BCUT2D eigenvalue weighted by Crippen LogP contribution is 2.17. The van der Waals surface area contributed by atoms with Gasteiger partial charge in [0.15, 0.2) is 6.61 Å². The SMILES string of the molecule is CCc1cccc(OCC(=O)Nc2ccc(C(=O)O)cc2C)c1. The van der Waals surface area contributed by atoms with Gasteiger partial charge in [0.05, 0.1) is 5.56 Å². The van der Waals surface area contributed by atoms with Crippen molar-refractivity contribution in [2.24, 2.45) is 0 Å². The molecular formula is C18H19NO4. The summed E-state index contributed by atoms with van der Waals surface area (Å²) in [5, 5.41) is 11.6. The Hall–Kier alpha value is -2.82. The van der Waals surface area contributed by atoms with E-state index in [0.29, 0.717) is 17.0 Å². The number of carboxylic acid groups (broad SMARTS) is 1. The van der Waals surface area contributed by atoms with Crippen LogP contribution >= 0.6 is 0 Å². The van der Waals surface area contributed by atoms with Crippen molar-refractivity contribution in [3.63, 3.8) is 0 Å². The van der Waals surface area contributed by atoms with E-state index in [1.165, 1.54) is 12.1 Å². The number of hydrogen-bond donors (Lipinski definition) is 2. The number of hydrogen-bond acceptors (Lipinski definition) is 3. The van der Waals surface area contributed by atoms with Gasteiger partial charge in [0.25, 0.3) is 5.91 Å². The average Bonchev–Trinajstić information content (AvgIpc) is 2.55. The summed E-state index contributed by atoms with van der Waals surface area (Å²) < 4.78 is 5.48. The van der Waals surface area contributed by atoms with Gasteiger partial charge in [0.1, 0.15) is 5.75 Å². The van der Waals surface area contributed by atoms with Crippen molar-refractivity contribution in [3.8, 4) is 5.75 Å². The second kappa shape index (κ2) is 7.45. The van der Waals surface area contributed by atoms with E-state index in [-0.39, 0.29) is 18.1 Å². The standard InChI is InChI=1S/C18H19NO4/c1-3-13-5-4-6-15(10-13)23-11-17(20)19-16-8-7-14(18(21)22)9-12(16)2/h4-10H,3,11H2,1-2H3,(H,19,20)(H,21,22). The summed E-state index contributed by atoms with van der Waals surface area (Å²) in [7, 11) is 0. The minimum Gasteiger partial charge on any atom is -0.484 e. The van der Waals surface area contributed by atoms with Crippen LogP contribution in [-0.2, 0) is 11.2 Å². The Bertz CT molecular complexity index is 725. The molecule has 0 saturated heterocycles. The predicted octanol–water partition coefficient (Wildman–Crippen LogP) is 3.27. The summed E-state index contributed by atoms with van der Waals surface area (Å²) in [5.74, 6) is -0.638. The second-order valence-corrected chi connectivity index (χ2v) is 5.17. The van der Waals surface area contributed by atoms with Gasteiger partial charge in [-0.1, -0.05) is 19.1 Å². The van der Waals surface area contributed by atoms with Crippen molar-refractivity contribution in [3.05, 3.63) is 59.2 Å². The summed E-state index contributed by atoms with van der Waals surface area (Å²) in [5.41, 5.74) is 2.59. The Morgan fingerprint density at radius 3 is 2.61 bits per heavy atom. The van der Waals surface area contributed by atoms with Crippen LogP contribution in [0.2, 0.25) is 0 Å². The Kier molecular flexibility index (Phi) is 5.36. The molecular weight excluding hydrogens is 294 g/mol. The number of benzene rings is 2. The molecule has 0 atom stereocenters. The zero-order valence-corrected chi connectivity index (χ0v) is 13.1. The molecule has 0 aromatic heterocycles. The Balaban J connectivity index is 1.95. The number of aryl methyl sites for hydroxylation is 2. The summed E-state index contributed by atoms with van der Waals surface area (Å²) in [4.78, 5) is 22.8. The first kappa shape index (κ1) is 16.5. The van der Waals surface area contributed by atoms with Gasteiger partial charge < -0.3 is 15.2 Å². The maximum atomic E-state index is 12.0. The number of rotatable bonds is 6. The second-order valence-electron chi connectivity index (χ2n) is 5.17. The minimum absolute atomic E-state index is 0.104. The lowest BCUT2D eigenvalue weighted by Crippen LogP contribution is -2.20. The lowest BCUT2D eigenvalue weighted by atomic mass is 10.1. The molecule has 2 aromatic rings. The van der Waals surface area contributed by atoms with Crippen molar-refractivity contribution in [2.45, 2.75) is 20.3 Å². The van der Waals surface area contributed by atoms with E-state index in [1.807, 2.05) is 18.2 Å². The number of carboxylic acids is 1. The molecule has 5 nitrogen and oxygen atoms in total. The molecule has 0 radical (unpaired) electrons. The van der Waals surface area contributed by atoms with Crippen LogP contribution in [0.15, 0.2) is 42.5 Å². The number of anilines is 1. The number of amides is 1. The van der Waals surface area contributed by atoms with Crippen molar-refractivity contribution in [1.82, 2.24) is 0 Å². The summed E-state index contributed by atoms with van der Waals surface area (Å²) in [6.07, 6.45) is 0.901. The zero-order valence-electron chi connectivity index (χ0n) is 13.1. The van der Waals surface area contributed by atoms with Crippen LogP contribution < -0.4 is 10.1 Å². The molecule has 0 spiro atoms. The van der Waals surface area contributed by atoms with Crippen LogP contribution in [0.25, 0.3) is 0 Å². The maximum absolute atomic E-state index is 12.0. The molecule has 0 bridgehead atoms. The fourth-order valence-electron chi connectivity index (χ4n) is 2.13. The van der Waals surface area contributed by atoms with Crippen LogP contribution in [0.1, 0.15) is 28.4 Å². The fraction of sp³-hybridized carbons (Fsp3) is 0.222. The fourth-order valence-corrected chi connectivity index (χ4v) is 2.13. The predicted molar refractivity (Wildman–Crippen MR) is 88.1 cm³/mol. The molecule has 120 valence electrons. The summed E-state index contributed by atoms with van der Waals surface area (Å²) in [6, 6.07) is 12.1. The normalized spacial score (nSPS) is 10.2. The number of carbonyl (C=O) groups excluding carboxylic acids is 1. The van der Waals surface area contributed by atoms with Gasteiger partial charge in [-0.2, -0.15) is 0 Å². The smallest absolute Gasteiger partial charge is 0.335 e. The molecule has 0 saturated carbocycles. The largest absolute Gasteiger partial charge is 0.484 e. The van der Waals surface area contributed by atoms with E-state index in [1.54, 1.807) is 19.1 Å². The molecule has 0 aliphatic rings. The molecule has 23 heavy (non-hydrogen) atoms. The molecule has 0 unspecified atom stereocenters. The van der Waals surface area contributed by atoms with Crippen molar-refractivity contribution < 1.29 is 19.4 Å². The molecule has 5 heteroatoms. The van der Waals surface area contributed by atoms with E-state index in [4.69, 9.17) is 9.84 Å². The molecule has 2 N–H and O–H groups in total. The van der Waals surface area contributed by atoms with E-state index in [0.717, 1.165) is 12.0 Å². The van der Waals surface area contributed by atoms with E-state index in [9.17, 15) is 9.59 Å². The Morgan fingerprint density at radius 1 is 1.17 bits per heavy atom.